The molecule has 1 aromatic rings. The molecule has 1 aromatic heterocycles. The van der Waals surface area contributed by atoms with Crippen molar-refractivity contribution in [2.75, 3.05) is 31.1 Å². The highest BCUT2D eigenvalue weighted by Crippen LogP contribution is 2.30. The number of sulfonamides is 1. The van der Waals surface area contributed by atoms with Crippen molar-refractivity contribution < 1.29 is 8.42 Å². The van der Waals surface area contributed by atoms with Gasteiger partial charge in [-0.2, -0.15) is 0 Å². The van der Waals surface area contributed by atoms with E-state index in [0.717, 1.165) is 43.3 Å². The Morgan fingerprint density at radius 2 is 1.82 bits per heavy atom. The van der Waals surface area contributed by atoms with Crippen LogP contribution in [0, 0.1) is 5.92 Å². The average molecular weight is 345 g/mol. The Balaban J connectivity index is 1.56. The van der Waals surface area contributed by atoms with Crippen molar-refractivity contribution in [3.8, 4) is 0 Å². The third-order valence-electron chi connectivity index (χ3n) is 4.84. The van der Waals surface area contributed by atoms with Crippen molar-refractivity contribution >= 4 is 26.5 Å². The summed E-state index contributed by atoms with van der Waals surface area (Å²) in [5.74, 6) is 0.879. The third-order valence-corrected chi connectivity index (χ3v) is 7.31. The maximum Gasteiger partial charge on any atom is 0.249 e. The molecule has 0 unspecified atom stereocenters. The number of rotatable bonds is 3. The number of thiazole rings is 1. The molecule has 124 valence electrons. The fourth-order valence-corrected chi connectivity index (χ4v) is 5.00. The van der Waals surface area contributed by atoms with Crippen molar-refractivity contribution in [2.45, 2.75) is 42.9 Å². The summed E-state index contributed by atoms with van der Waals surface area (Å²) in [4.78, 5) is 8.98. The molecular weight excluding hydrogens is 320 g/mol. The van der Waals surface area contributed by atoms with Crippen LogP contribution in [0.1, 0.15) is 32.6 Å². The van der Waals surface area contributed by atoms with Gasteiger partial charge in [0.1, 0.15) is 0 Å². The smallest absolute Gasteiger partial charge is 0.249 e. The minimum absolute atomic E-state index is 0.145. The lowest BCUT2D eigenvalue weighted by Crippen LogP contribution is -2.51. The van der Waals surface area contributed by atoms with E-state index in [1.54, 1.807) is 0 Å². The van der Waals surface area contributed by atoms with Crippen LogP contribution in [0.15, 0.2) is 10.4 Å². The van der Waals surface area contributed by atoms with Gasteiger partial charge in [-0.25, -0.2) is 18.5 Å². The van der Waals surface area contributed by atoms with Crippen molar-refractivity contribution in [3.63, 3.8) is 0 Å². The maximum absolute atomic E-state index is 11.3. The molecule has 0 amide bonds. The van der Waals surface area contributed by atoms with E-state index in [-0.39, 0.29) is 4.21 Å². The summed E-state index contributed by atoms with van der Waals surface area (Å²) >= 11 is 1.17. The lowest BCUT2D eigenvalue weighted by atomic mass is 9.86. The Kier molecular flexibility index (Phi) is 4.72. The number of piperazine rings is 1. The third kappa shape index (κ3) is 3.61. The molecule has 8 heteroatoms. The van der Waals surface area contributed by atoms with Gasteiger partial charge in [-0.05, 0) is 31.6 Å². The highest BCUT2D eigenvalue weighted by Gasteiger charge is 2.28. The first-order valence-electron chi connectivity index (χ1n) is 7.91. The standard InChI is InChI=1S/C14H24N4O2S2/c1-11-2-4-12(5-3-11)17-6-8-18(9-7-17)14-16-10-13(21-14)22(15,19)20/h10-12H,2-9H2,1H3,(H2,15,19,20). The zero-order chi connectivity index (χ0) is 15.7. The van der Waals surface area contributed by atoms with Crippen LogP contribution >= 0.6 is 11.3 Å². The zero-order valence-corrected chi connectivity index (χ0v) is 14.6. The molecule has 6 nitrogen and oxygen atoms in total. The monoisotopic (exact) mass is 344 g/mol. The second-order valence-electron chi connectivity index (χ2n) is 6.44. The molecule has 0 aromatic carbocycles. The average Bonchev–Trinajstić information content (AvgIpc) is 2.98. The van der Waals surface area contributed by atoms with Gasteiger partial charge in [-0.15, -0.1) is 0 Å². The molecule has 1 saturated carbocycles. The molecule has 2 fully saturated rings. The first-order chi connectivity index (χ1) is 10.4. The summed E-state index contributed by atoms with van der Waals surface area (Å²) < 4.78 is 22.8. The molecule has 2 N–H and O–H groups in total. The first kappa shape index (κ1) is 16.2. The second kappa shape index (κ2) is 6.43. The van der Waals surface area contributed by atoms with Crippen molar-refractivity contribution in [2.24, 2.45) is 11.1 Å². The van der Waals surface area contributed by atoms with Crippen LogP contribution in [-0.4, -0.2) is 50.5 Å². The number of anilines is 1. The van der Waals surface area contributed by atoms with Crippen LogP contribution in [0.25, 0.3) is 0 Å². The topological polar surface area (TPSA) is 79.5 Å². The Morgan fingerprint density at radius 3 is 2.36 bits per heavy atom. The number of hydrogen-bond acceptors (Lipinski definition) is 6. The number of primary sulfonamides is 1. The van der Waals surface area contributed by atoms with Gasteiger partial charge in [-0.3, -0.25) is 4.90 Å². The Hall–Kier alpha value is -0.700. The minimum Gasteiger partial charge on any atom is -0.345 e. The molecule has 1 aliphatic carbocycles. The van der Waals surface area contributed by atoms with Gasteiger partial charge in [0, 0.05) is 32.2 Å². The maximum atomic E-state index is 11.3. The van der Waals surface area contributed by atoms with E-state index >= 15 is 0 Å². The van der Waals surface area contributed by atoms with E-state index in [1.807, 2.05) is 0 Å². The second-order valence-corrected chi connectivity index (χ2v) is 9.24. The Morgan fingerprint density at radius 1 is 1.18 bits per heavy atom. The zero-order valence-electron chi connectivity index (χ0n) is 12.9. The molecule has 1 saturated heterocycles. The van der Waals surface area contributed by atoms with Crippen LogP contribution in [0.5, 0.6) is 0 Å². The number of aromatic nitrogens is 1. The summed E-state index contributed by atoms with van der Waals surface area (Å²) in [6.07, 6.45) is 6.68. The van der Waals surface area contributed by atoms with Crippen LogP contribution < -0.4 is 10.0 Å². The molecule has 0 bridgehead atoms. The predicted octanol–water partition coefficient (Wildman–Crippen LogP) is 1.49. The molecule has 3 rings (SSSR count). The van der Waals surface area contributed by atoms with Gasteiger partial charge >= 0.3 is 0 Å². The summed E-state index contributed by atoms with van der Waals surface area (Å²) in [5.41, 5.74) is 0. The molecule has 1 aliphatic heterocycles. The first-order valence-corrected chi connectivity index (χ1v) is 10.3. The van der Waals surface area contributed by atoms with E-state index in [1.165, 1.54) is 43.2 Å². The molecule has 0 radical (unpaired) electrons. The van der Waals surface area contributed by atoms with Crippen LogP contribution in [0.4, 0.5) is 5.13 Å². The molecule has 22 heavy (non-hydrogen) atoms. The Bertz CT molecular complexity index is 600. The minimum atomic E-state index is -3.63. The molecular formula is C14H24N4O2S2. The SMILES string of the molecule is CC1CCC(N2CCN(c3ncc(S(N)(=O)=O)s3)CC2)CC1. The molecule has 2 aliphatic rings. The predicted molar refractivity (Wildman–Crippen MR) is 88.7 cm³/mol. The summed E-state index contributed by atoms with van der Waals surface area (Å²) in [6.45, 7) is 6.22. The molecule has 0 atom stereocenters. The molecule has 2 heterocycles. The van der Waals surface area contributed by atoms with Gasteiger partial charge in [0.05, 0.1) is 6.20 Å². The van der Waals surface area contributed by atoms with Crippen molar-refractivity contribution in [1.82, 2.24) is 9.88 Å². The van der Waals surface area contributed by atoms with Crippen molar-refractivity contribution in [3.05, 3.63) is 6.20 Å². The fraction of sp³-hybridized carbons (Fsp3) is 0.786. The summed E-state index contributed by atoms with van der Waals surface area (Å²) in [7, 11) is -3.63. The summed E-state index contributed by atoms with van der Waals surface area (Å²) in [6, 6.07) is 0.731. The summed E-state index contributed by atoms with van der Waals surface area (Å²) in [5, 5.41) is 5.91. The highest BCUT2D eigenvalue weighted by molar-refractivity contribution is 7.91. The van der Waals surface area contributed by atoms with Crippen LogP contribution in [0.2, 0.25) is 0 Å². The van der Waals surface area contributed by atoms with Crippen LogP contribution in [0.3, 0.4) is 0 Å². The lowest BCUT2D eigenvalue weighted by molar-refractivity contribution is 0.133. The quantitative estimate of drug-likeness (QED) is 0.899. The van der Waals surface area contributed by atoms with Gasteiger partial charge in [-0.1, -0.05) is 18.3 Å². The molecule has 0 spiro atoms. The normalized spacial score (nSPS) is 28.0. The van der Waals surface area contributed by atoms with Crippen molar-refractivity contribution in [1.29, 1.82) is 0 Å². The highest BCUT2D eigenvalue weighted by atomic mass is 32.2. The Labute approximate surface area is 136 Å². The lowest BCUT2D eigenvalue weighted by Gasteiger charge is -2.41. The van der Waals surface area contributed by atoms with E-state index < -0.39 is 10.0 Å². The number of hydrogen-bond donors (Lipinski definition) is 1. The van der Waals surface area contributed by atoms with E-state index in [9.17, 15) is 8.42 Å². The largest absolute Gasteiger partial charge is 0.345 e. The van der Waals surface area contributed by atoms with E-state index in [4.69, 9.17) is 5.14 Å². The van der Waals surface area contributed by atoms with E-state index in [0.29, 0.717) is 0 Å². The van der Waals surface area contributed by atoms with Crippen LogP contribution in [-0.2, 0) is 10.0 Å². The van der Waals surface area contributed by atoms with Gasteiger partial charge in [0.25, 0.3) is 0 Å². The van der Waals surface area contributed by atoms with Gasteiger partial charge in [0.15, 0.2) is 9.34 Å². The van der Waals surface area contributed by atoms with Gasteiger partial charge in [0.2, 0.25) is 10.0 Å². The number of nitrogens with two attached hydrogens (primary N) is 1. The number of nitrogens with zero attached hydrogens (tertiary/aromatic N) is 3. The van der Waals surface area contributed by atoms with E-state index in [2.05, 4.69) is 21.7 Å². The fourth-order valence-electron chi connectivity index (χ4n) is 3.41. The van der Waals surface area contributed by atoms with Gasteiger partial charge < -0.3 is 4.90 Å².